The molecule has 34 heavy (non-hydrogen) atoms. The summed E-state index contributed by atoms with van der Waals surface area (Å²) in [6, 6.07) is 2.04. The van der Waals surface area contributed by atoms with Gasteiger partial charge in [-0.1, -0.05) is 0 Å². The zero-order valence-corrected chi connectivity index (χ0v) is 19.7. The first kappa shape index (κ1) is 25.0. The molecule has 1 saturated carbocycles. The first-order valence-corrected chi connectivity index (χ1v) is 12.2. The molecule has 0 bridgehead atoms. The minimum Gasteiger partial charge on any atom is -0.487 e. The third kappa shape index (κ3) is 5.41. The highest BCUT2D eigenvalue weighted by Gasteiger charge is 2.40. The average molecular weight is 524 g/mol. The normalized spacial score (nSPS) is 19.5. The predicted molar refractivity (Wildman–Crippen MR) is 118 cm³/mol. The van der Waals surface area contributed by atoms with Crippen LogP contribution in [0, 0.1) is 0 Å². The number of aromatic carboxylic acids is 1. The van der Waals surface area contributed by atoms with Gasteiger partial charge < -0.3 is 14.7 Å². The number of benzene rings is 1. The number of thiazole rings is 1. The minimum absolute atomic E-state index is 0.198. The Labute approximate surface area is 200 Å². The molecule has 0 spiro atoms. The van der Waals surface area contributed by atoms with Crippen molar-refractivity contribution in [3.05, 3.63) is 33.8 Å². The van der Waals surface area contributed by atoms with E-state index in [0.29, 0.717) is 23.7 Å². The number of alkyl halides is 5. The standard InChI is InChI=1S/C21H22F5N3O3S2/c1-28-6-7-29(12-2-4-20(22,23)5-3-12)14-8-13(21(24,25)26)15(9-16(14)34-28)32-10-17-18(19(30)31)27-11-33-17/h8-9,11-12H,2-7,10H2,1H3,(H,30,31). The summed E-state index contributed by atoms with van der Waals surface area (Å²) in [5.41, 5.74) is 0.375. The van der Waals surface area contributed by atoms with Crippen molar-refractivity contribution >= 4 is 34.9 Å². The quantitative estimate of drug-likeness (QED) is 0.394. The van der Waals surface area contributed by atoms with Gasteiger partial charge >= 0.3 is 12.1 Å². The van der Waals surface area contributed by atoms with Crippen molar-refractivity contribution < 1.29 is 36.6 Å². The number of anilines is 1. The molecule has 4 rings (SSSR count). The first-order valence-electron chi connectivity index (χ1n) is 10.5. The summed E-state index contributed by atoms with van der Waals surface area (Å²) < 4.78 is 76.8. The molecule has 1 aromatic carbocycles. The monoisotopic (exact) mass is 523 g/mol. The molecule has 0 amide bonds. The lowest BCUT2D eigenvalue weighted by Crippen LogP contribution is -2.43. The Morgan fingerprint density at radius 3 is 2.62 bits per heavy atom. The Kier molecular flexibility index (Phi) is 6.98. The maximum Gasteiger partial charge on any atom is 0.420 e. The van der Waals surface area contributed by atoms with Gasteiger partial charge in [0.25, 0.3) is 0 Å². The minimum atomic E-state index is -4.73. The number of ether oxygens (including phenoxy) is 1. The summed E-state index contributed by atoms with van der Waals surface area (Å²) in [4.78, 5) is 17.5. The number of carboxylic acid groups (broad SMARTS) is 1. The Morgan fingerprint density at radius 1 is 1.26 bits per heavy atom. The molecule has 1 aliphatic carbocycles. The zero-order chi connectivity index (χ0) is 24.7. The molecule has 2 heterocycles. The van der Waals surface area contributed by atoms with Crippen LogP contribution in [0.5, 0.6) is 5.75 Å². The molecule has 186 valence electrons. The van der Waals surface area contributed by atoms with Crippen molar-refractivity contribution in [1.82, 2.24) is 9.29 Å². The maximum atomic E-state index is 14.0. The summed E-state index contributed by atoms with van der Waals surface area (Å²) in [7, 11) is 1.81. The van der Waals surface area contributed by atoms with Gasteiger partial charge in [0, 0.05) is 32.0 Å². The van der Waals surface area contributed by atoms with E-state index in [9.17, 15) is 31.9 Å². The van der Waals surface area contributed by atoms with Crippen molar-refractivity contribution in [2.24, 2.45) is 0 Å². The molecule has 0 atom stereocenters. The molecule has 0 saturated heterocycles. The number of likely N-dealkylation sites (N-methyl/N-ethyl adjacent to an activating group) is 1. The summed E-state index contributed by atoms with van der Waals surface area (Å²) in [5, 5.41) is 9.19. The van der Waals surface area contributed by atoms with E-state index < -0.39 is 29.4 Å². The molecule has 6 nitrogen and oxygen atoms in total. The first-order chi connectivity index (χ1) is 15.9. The van der Waals surface area contributed by atoms with Crippen molar-refractivity contribution in [2.75, 3.05) is 25.0 Å². The number of rotatable bonds is 5. The number of hydrogen-bond donors (Lipinski definition) is 1. The van der Waals surface area contributed by atoms with Crippen LogP contribution in [-0.2, 0) is 12.8 Å². The van der Waals surface area contributed by atoms with Gasteiger partial charge in [-0.2, -0.15) is 13.2 Å². The molecule has 1 aromatic heterocycles. The predicted octanol–water partition coefficient (Wildman–Crippen LogP) is 5.78. The molecule has 0 radical (unpaired) electrons. The summed E-state index contributed by atoms with van der Waals surface area (Å²) in [6.07, 6.45) is -4.92. The van der Waals surface area contributed by atoms with Gasteiger partial charge in [0.15, 0.2) is 5.69 Å². The van der Waals surface area contributed by atoms with Crippen LogP contribution in [-0.4, -0.2) is 52.5 Å². The Hall–Kier alpha value is -2.12. The van der Waals surface area contributed by atoms with E-state index >= 15 is 0 Å². The Morgan fingerprint density at radius 2 is 1.97 bits per heavy atom. The van der Waals surface area contributed by atoms with Gasteiger partial charge in [-0.15, -0.1) is 11.3 Å². The fourth-order valence-corrected chi connectivity index (χ4v) is 5.78. The molecule has 2 aromatic rings. The van der Waals surface area contributed by atoms with Crippen LogP contribution in [0.15, 0.2) is 22.5 Å². The van der Waals surface area contributed by atoms with Crippen molar-refractivity contribution in [3.63, 3.8) is 0 Å². The Bertz CT molecular complexity index is 1050. The van der Waals surface area contributed by atoms with Gasteiger partial charge in [-0.25, -0.2) is 22.9 Å². The van der Waals surface area contributed by atoms with Crippen LogP contribution in [0.1, 0.15) is 46.6 Å². The van der Waals surface area contributed by atoms with E-state index in [1.807, 2.05) is 16.3 Å². The average Bonchev–Trinajstić information content (AvgIpc) is 3.15. The lowest BCUT2D eigenvalue weighted by molar-refractivity contribution is -0.139. The van der Waals surface area contributed by atoms with Gasteiger partial charge in [0.05, 0.1) is 26.5 Å². The highest BCUT2D eigenvalue weighted by Crippen LogP contribution is 2.47. The van der Waals surface area contributed by atoms with Crippen molar-refractivity contribution in [2.45, 2.75) is 55.3 Å². The van der Waals surface area contributed by atoms with Gasteiger partial charge in [-0.3, -0.25) is 0 Å². The molecule has 2 aliphatic rings. The number of nitrogens with zero attached hydrogens (tertiary/aromatic N) is 3. The topological polar surface area (TPSA) is 65.9 Å². The molecule has 1 N–H and O–H groups in total. The fraction of sp³-hybridized carbons (Fsp3) is 0.524. The van der Waals surface area contributed by atoms with Crippen LogP contribution in [0.3, 0.4) is 0 Å². The van der Waals surface area contributed by atoms with E-state index in [-0.39, 0.29) is 48.9 Å². The third-order valence-corrected chi connectivity index (χ3v) is 7.74. The summed E-state index contributed by atoms with van der Waals surface area (Å²) in [5.74, 6) is -4.45. The second kappa shape index (κ2) is 9.50. The molecular weight excluding hydrogens is 501 g/mol. The van der Waals surface area contributed by atoms with Gasteiger partial charge in [0.1, 0.15) is 12.4 Å². The van der Waals surface area contributed by atoms with Crippen molar-refractivity contribution in [3.8, 4) is 5.75 Å². The number of fused-ring (bicyclic) bond motifs is 1. The SMILES string of the molecule is CN1CCN(C2CCC(F)(F)CC2)c2cc(C(F)(F)F)c(OCc3scnc3C(=O)O)cc2S1. The van der Waals surface area contributed by atoms with Crippen LogP contribution >= 0.6 is 23.3 Å². The number of aromatic nitrogens is 1. The second-order valence-corrected chi connectivity index (χ2v) is 10.4. The van der Waals surface area contributed by atoms with Gasteiger partial charge in [0.2, 0.25) is 5.92 Å². The number of halogens is 5. The molecule has 0 unspecified atom stereocenters. The maximum absolute atomic E-state index is 14.0. The highest BCUT2D eigenvalue weighted by atomic mass is 32.2. The van der Waals surface area contributed by atoms with Crippen LogP contribution in [0.2, 0.25) is 0 Å². The summed E-state index contributed by atoms with van der Waals surface area (Å²) in [6.45, 7) is 0.565. The number of hydrogen-bond acceptors (Lipinski definition) is 7. The van der Waals surface area contributed by atoms with Crippen LogP contribution < -0.4 is 9.64 Å². The van der Waals surface area contributed by atoms with E-state index in [1.165, 1.54) is 23.5 Å². The van der Waals surface area contributed by atoms with Crippen molar-refractivity contribution in [1.29, 1.82) is 0 Å². The Balaban J connectivity index is 1.69. The zero-order valence-electron chi connectivity index (χ0n) is 18.1. The molecular formula is C21H22F5N3O3S2. The second-order valence-electron chi connectivity index (χ2n) is 8.26. The highest BCUT2D eigenvalue weighted by molar-refractivity contribution is 7.97. The third-order valence-electron chi connectivity index (χ3n) is 5.92. The lowest BCUT2D eigenvalue weighted by Gasteiger charge is -2.38. The fourth-order valence-electron chi connectivity index (χ4n) is 4.18. The van der Waals surface area contributed by atoms with Crippen LogP contribution in [0.4, 0.5) is 27.6 Å². The smallest absolute Gasteiger partial charge is 0.420 e. The van der Waals surface area contributed by atoms with E-state index in [4.69, 9.17) is 4.74 Å². The van der Waals surface area contributed by atoms with Crippen LogP contribution in [0.25, 0.3) is 0 Å². The van der Waals surface area contributed by atoms with E-state index in [0.717, 1.165) is 17.4 Å². The lowest BCUT2D eigenvalue weighted by atomic mass is 9.90. The largest absolute Gasteiger partial charge is 0.487 e. The number of carbonyl (C=O) groups is 1. The van der Waals surface area contributed by atoms with Gasteiger partial charge in [-0.05, 0) is 44.0 Å². The molecule has 1 aliphatic heterocycles. The van der Waals surface area contributed by atoms with E-state index in [2.05, 4.69) is 4.98 Å². The molecule has 13 heteroatoms. The van der Waals surface area contributed by atoms with E-state index in [1.54, 1.807) is 0 Å². The molecule has 1 fully saturated rings. The number of carboxylic acids is 1. The summed E-state index contributed by atoms with van der Waals surface area (Å²) >= 11 is 2.24.